The molecule has 1 N–H and O–H groups in total. The van der Waals surface area contributed by atoms with Crippen molar-refractivity contribution in [3.05, 3.63) is 64.8 Å². The normalized spacial score (nSPS) is 10.4. The van der Waals surface area contributed by atoms with E-state index >= 15 is 0 Å². The second-order valence-corrected chi connectivity index (χ2v) is 6.85. The van der Waals surface area contributed by atoms with Crippen molar-refractivity contribution >= 4 is 28.2 Å². The summed E-state index contributed by atoms with van der Waals surface area (Å²) < 4.78 is 10.7. The number of benzene rings is 1. The highest BCUT2D eigenvalue weighted by atomic mass is 32.1. The Morgan fingerprint density at radius 1 is 1.21 bits per heavy atom. The Hall–Kier alpha value is -3.19. The van der Waals surface area contributed by atoms with Crippen LogP contribution in [0, 0.1) is 6.92 Å². The number of hydrogen-bond donors (Lipinski definition) is 1. The Morgan fingerprint density at radius 3 is 2.71 bits per heavy atom. The van der Waals surface area contributed by atoms with Crippen molar-refractivity contribution in [1.82, 2.24) is 4.98 Å². The largest absolute Gasteiger partial charge is 0.496 e. The Labute approximate surface area is 167 Å². The van der Waals surface area contributed by atoms with E-state index in [1.165, 1.54) is 17.5 Å². The molecule has 0 bridgehead atoms. The summed E-state index contributed by atoms with van der Waals surface area (Å²) in [5, 5.41) is 5.05. The molecule has 0 aliphatic carbocycles. The van der Waals surface area contributed by atoms with Crippen LogP contribution in [0.4, 0.5) is 5.00 Å². The standard InChI is InChI=1S/C21H20N2O4S/c1-4-27-21(25)18-16(15-10-13(2)7-8-17(15)26-3)12-28-20(18)23-19(24)14-6-5-9-22-11-14/h5-12H,4H2,1-3H3,(H,23,24). The molecule has 3 aromatic rings. The SMILES string of the molecule is CCOC(=O)c1c(-c2cc(C)ccc2OC)csc1NC(=O)c1cccnc1. The Kier molecular flexibility index (Phi) is 6.06. The summed E-state index contributed by atoms with van der Waals surface area (Å²) in [5.41, 5.74) is 3.17. The van der Waals surface area contributed by atoms with E-state index in [0.29, 0.717) is 27.4 Å². The number of amides is 1. The van der Waals surface area contributed by atoms with E-state index in [-0.39, 0.29) is 12.5 Å². The number of aryl methyl sites for hydroxylation is 1. The van der Waals surface area contributed by atoms with Gasteiger partial charge in [0.2, 0.25) is 0 Å². The van der Waals surface area contributed by atoms with Crippen LogP contribution in [0.5, 0.6) is 5.75 Å². The average molecular weight is 396 g/mol. The fourth-order valence-corrected chi connectivity index (χ4v) is 3.70. The van der Waals surface area contributed by atoms with Gasteiger partial charge in [-0.15, -0.1) is 11.3 Å². The second-order valence-electron chi connectivity index (χ2n) is 5.97. The number of esters is 1. The molecule has 1 amide bonds. The van der Waals surface area contributed by atoms with Gasteiger partial charge in [-0.1, -0.05) is 11.6 Å². The first-order valence-corrected chi connectivity index (χ1v) is 9.58. The smallest absolute Gasteiger partial charge is 0.341 e. The molecule has 144 valence electrons. The molecule has 0 aliphatic rings. The highest BCUT2D eigenvalue weighted by molar-refractivity contribution is 7.15. The third-order valence-electron chi connectivity index (χ3n) is 4.07. The van der Waals surface area contributed by atoms with Gasteiger partial charge in [-0.2, -0.15) is 0 Å². The molecule has 2 heterocycles. The fourth-order valence-electron chi connectivity index (χ4n) is 2.76. The highest BCUT2D eigenvalue weighted by Gasteiger charge is 2.25. The number of aromatic nitrogens is 1. The molecule has 6 nitrogen and oxygen atoms in total. The number of hydrogen-bond acceptors (Lipinski definition) is 6. The molecule has 0 saturated heterocycles. The zero-order valence-electron chi connectivity index (χ0n) is 15.8. The second kappa shape index (κ2) is 8.67. The molecule has 0 radical (unpaired) electrons. The molecular formula is C21H20N2O4S. The van der Waals surface area contributed by atoms with Gasteiger partial charge >= 0.3 is 5.97 Å². The summed E-state index contributed by atoms with van der Waals surface area (Å²) in [7, 11) is 1.58. The molecule has 0 atom stereocenters. The van der Waals surface area contributed by atoms with Crippen LogP contribution in [0.15, 0.2) is 48.1 Å². The maximum atomic E-state index is 12.7. The lowest BCUT2D eigenvalue weighted by Crippen LogP contribution is -2.15. The van der Waals surface area contributed by atoms with E-state index in [2.05, 4.69) is 10.3 Å². The van der Waals surface area contributed by atoms with Crippen molar-refractivity contribution in [2.45, 2.75) is 13.8 Å². The van der Waals surface area contributed by atoms with Gasteiger partial charge in [0.1, 0.15) is 16.3 Å². The minimum Gasteiger partial charge on any atom is -0.496 e. The third-order valence-corrected chi connectivity index (χ3v) is 4.96. The number of rotatable bonds is 6. The van der Waals surface area contributed by atoms with Gasteiger partial charge in [-0.3, -0.25) is 9.78 Å². The van der Waals surface area contributed by atoms with E-state index in [1.54, 1.807) is 32.4 Å². The fraction of sp³-hybridized carbons (Fsp3) is 0.190. The number of thiophene rings is 1. The molecule has 7 heteroatoms. The van der Waals surface area contributed by atoms with Crippen molar-refractivity contribution < 1.29 is 19.1 Å². The van der Waals surface area contributed by atoms with E-state index in [4.69, 9.17) is 9.47 Å². The number of nitrogens with one attached hydrogen (secondary N) is 1. The molecular weight excluding hydrogens is 376 g/mol. The van der Waals surface area contributed by atoms with Crippen LogP contribution in [0.25, 0.3) is 11.1 Å². The Balaban J connectivity index is 2.07. The number of ether oxygens (including phenoxy) is 2. The van der Waals surface area contributed by atoms with Crippen molar-refractivity contribution in [2.24, 2.45) is 0 Å². The van der Waals surface area contributed by atoms with E-state index in [1.807, 2.05) is 30.5 Å². The lowest BCUT2D eigenvalue weighted by molar-refractivity contribution is 0.0529. The zero-order valence-corrected chi connectivity index (χ0v) is 16.6. The number of pyridine rings is 1. The van der Waals surface area contributed by atoms with E-state index < -0.39 is 5.97 Å². The first-order chi connectivity index (χ1) is 13.5. The van der Waals surface area contributed by atoms with Crippen LogP contribution in [-0.4, -0.2) is 30.6 Å². The van der Waals surface area contributed by atoms with Gasteiger partial charge in [-0.25, -0.2) is 4.79 Å². The minimum atomic E-state index is -0.496. The molecule has 2 aromatic heterocycles. The van der Waals surface area contributed by atoms with Crippen LogP contribution >= 0.6 is 11.3 Å². The van der Waals surface area contributed by atoms with Gasteiger partial charge in [0, 0.05) is 28.9 Å². The average Bonchev–Trinajstić information content (AvgIpc) is 3.12. The lowest BCUT2D eigenvalue weighted by Gasteiger charge is -2.12. The number of methoxy groups -OCH3 is 1. The summed E-state index contributed by atoms with van der Waals surface area (Å²) in [5.74, 6) is -0.203. The zero-order chi connectivity index (χ0) is 20.1. The number of nitrogens with zero attached hydrogens (tertiary/aromatic N) is 1. The summed E-state index contributed by atoms with van der Waals surface area (Å²) in [6.07, 6.45) is 3.06. The van der Waals surface area contributed by atoms with Crippen LogP contribution < -0.4 is 10.1 Å². The first-order valence-electron chi connectivity index (χ1n) is 8.70. The quantitative estimate of drug-likeness (QED) is 0.618. The molecule has 0 saturated carbocycles. The summed E-state index contributed by atoms with van der Waals surface area (Å²) in [6.45, 7) is 3.94. The molecule has 3 rings (SSSR count). The predicted molar refractivity (Wildman–Crippen MR) is 109 cm³/mol. The van der Waals surface area contributed by atoms with Crippen molar-refractivity contribution in [1.29, 1.82) is 0 Å². The third kappa shape index (κ3) is 4.04. The van der Waals surface area contributed by atoms with Crippen molar-refractivity contribution in [3.8, 4) is 16.9 Å². The first kappa shape index (κ1) is 19.6. The van der Waals surface area contributed by atoms with Gasteiger partial charge < -0.3 is 14.8 Å². The summed E-state index contributed by atoms with van der Waals surface area (Å²) >= 11 is 1.26. The predicted octanol–water partition coefficient (Wildman–Crippen LogP) is 4.56. The van der Waals surface area contributed by atoms with Crippen molar-refractivity contribution in [3.63, 3.8) is 0 Å². The van der Waals surface area contributed by atoms with Gasteiger partial charge in [0.25, 0.3) is 5.91 Å². The Morgan fingerprint density at radius 2 is 2.04 bits per heavy atom. The molecule has 0 unspecified atom stereocenters. The maximum Gasteiger partial charge on any atom is 0.341 e. The Bertz CT molecular complexity index is 999. The molecule has 1 aromatic carbocycles. The van der Waals surface area contributed by atoms with Crippen LogP contribution in [0.2, 0.25) is 0 Å². The van der Waals surface area contributed by atoms with Gasteiger partial charge in [0.05, 0.1) is 19.3 Å². The number of anilines is 1. The summed E-state index contributed by atoms with van der Waals surface area (Å²) in [4.78, 5) is 29.2. The molecule has 0 fully saturated rings. The lowest BCUT2D eigenvalue weighted by atomic mass is 10.0. The van der Waals surface area contributed by atoms with Crippen LogP contribution in [0.3, 0.4) is 0 Å². The summed E-state index contributed by atoms with van der Waals surface area (Å²) in [6, 6.07) is 9.06. The number of carbonyl (C=O) groups is 2. The van der Waals surface area contributed by atoms with Crippen molar-refractivity contribution in [2.75, 3.05) is 19.0 Å². The van der Waals surface area contributed by atoms with E-state index in [9.17, 15) is 9.59 Å². The monoisotopic (exact) mass is 396 g/mol. The highest BCUT2D eigenvalue weighted by Crippen LogP contribution is 2.40. The number of carbonyl (C=O) groups excluding carboxylic acids is 2. The van der Waals surface area contributed by atoms with Gasteiger partial charge in [-0.05, 0) is 38.1 Å². The minimum absolute atomic E-state index is 0.231. The van der Waals surface area contributed by atoms with E-state index in [0.717, 1.165) is 11.1 Å². The van der Waals surface area contributed by atoms with Gasteiger partial charge in [0.15, 0.2) is 0 Å². The molecule has 28 heavy (non-hydrogen) atoms. The van der Waals surface area contributed by atoms with Crippen LogP contribution in [0.1, 0.15) is 33.2 Å². The van der Waals surface area contributed by atoms with Crippen LogP contribution in [-0.2, 0) is 4.74 Å². The molecule has 0 aliphatic heterocycles. The molecule has 0 spiro atoms. The topological polar surface area (TPSA) is 77.5 Å². The maximum absolute atomic E-state index is 12.7.